The van der Waals surface area contributed by atoms with Gasteiger partial charge in [0.25, 0.3) is 0 Å². The highest BCUT2D eigenvalue weighted by atomic mass is 32.1. The Morgan fingerprint density at radius 1 is 0.933 bits per heavy atom. The van der Waals surface area contributed by atoms with Crippen LogP contribution in [0.4, 0.5) is 0 Å². The third-order valence-corrected chi connectivity index (χ3v) is 6.30. The van der Waals surface area contributed by atoms with E-state index in [9.17, 15) is 0 Å². The van der Waals surface area contributed by atoms with E-state index in [2.05, 4.69) is 45.9 Å². The fourth-order valence-electron chi connectivity index (χ4n) is 3.87. The molecule has 30 heavy (non-hydrogen) atoms. The summed E-state index contributed by atoms with van der Waals surface area (Å²) in [4.78, 5) is 3.81. The topological polar surface area (TPSA) is 43.0 Å². The monoisotopic (exact) mass is 424 g/mol. The fraction of sp³-hybridized carbons (Fsp3) is 0.333. The molecule has 0 unspecified atom stereocenters. The van der Waals surface area contributed by atoms with E-state index < -0.39 is 0 Å². The van der Waals surface area contributed by atoms with E-state index in [1.54, 1.807) is 25.6 Å². The molecule has 2 heterocycles. The van der Waals surface area contributed by atoms with Crippen LogP contribution in [-0.4, -0.2) is 45.3 Å². The molecule has 158 valence electrons. The van der Waals surface area contributed by atoms with Crippen LogP contribution < -0.4 is 19.5 Å². The van der Waals surface area contributed by atoms with Crippen LogP contribution >= 0.6 is 11.3 Å². The number of hydrogen-bond acceptors (Lipinski definition) is 6. The average Bonchev–Trinajstić information content (AvgIpc) is 3.33. The number of benzene rings is 2. The van der Waals surface area contributed by atoms with Gasteiger partial charge in [-0.2, -0.15) is 0 Å². The molecule has 0 saturated carbocycles. The van der Waals surface area contributed by atoms with Gasteiger partial charge in [0.05, 0.1) is 20.3 Å². The second kappa shape index (κ2) is 9.98. The summed E-state index contributed by atoms with van der Waals surface area (Å²) in [5.41, 5.74) is 2.24. The van der Waals surface area contributed by atoms with Crippen LogP contribution in [0.1, 0.15) is 22.0 Å². The average molecular weight is 425 g/mol. The molecule has 1 atom stereocenters. The van der Waals surface area contributed by atoms with Crippen molar-refractivity contribution in [3.05, 3.63) is 76.0 Å². The van der Waals surface area contributed by atoms with Crippen LogP contribution in [0.5, 0.6) is 17.2 Å². The first-order valence-electron chi connectivity index (χ1n) is 10.2. The van der Waals surface area contributed by atoms with Gasteiger partial charge in [0, 0.05) is 42.7 Å². The summed E-state index contributed by atoms with van der Waals surface area (Å²) < 4.78 is 17.6. The summed E-state index contributed by atoms with van der Waals surface area (Å²) in [5.74, 6) is 2.22. The van der Waals surface area contributed by atoms with Gasteiger partial charge >= 0.3 is 0 Å². The fourth-order valence-corrected chi connectivity index (χ4v) is 4.74. The quantitative estimate of drug-likeness (QED) is 0.583. The minimum absolute atomic E-state index is 0.109. The summed E-state index contributed by atoms with van der Waals surface area (Å²) >= 11 is 1.78. The Morgan fingerprint density at radius 2 is 1.67 bits per heavy atom. The molecule has 1 N–H and O–H groups in total. The SMILES string of the molecule is COc1cc(OCc2ccccc2)c([C@@H](c2cccs2)N2CCNCC2)cc1OC. The van der Waals surface area contributed by atoms with Crippen molar-refractivity contribution in [1.29, 1.82) is 0 Å². The Hall–Kier alpha value is -2.54. The first kappa shape index (κ1) is 20.7. The van der Waals surface area contributed by atoms with Crippen molar-refractivity contribution in [3.63, 3.8) is 0 Å². The molecule has 1 aliphatic heterocycles. The Morgan fingerprint density at radius 3 is 2.33 bits per heavy atom. The van der Waals surface area contributed by atoms with E-state index in [1.165, 1.54) is 4.88 Å². The second-order valence-electron chi connectivity index (χ2n) is 7.22. The smallest absolute Gasteiger partial charge is 0.164 e. The van der Waals surface area contributed by atoms with Gasteiger partial charge in [0.15, 0.2) is 11.5 Å². The molecule has 0 bridgehead atoms. The van der Waals surface area contributed by atoms with Crippen LogP contribution in [0.3, 0.4) is 0 Å². The number of rotatable bonds is 8. The minimum Gasteiger partial charge on any atom is -0.493 e. The summed E-state index contributed by atoms with van der Waals surface area (Å²) in [5, 5.41) is 5.59. The van der Waals surface area contributed by atoms with Crippen molar-refractivity contribution in [2.24, 2.45) is 0 Å². The van der Waals surface area contributed by atoms with E-state index in [4.69, 9.17) is 14.2 Å². The lowest BCUT2D eigenvalue weighted by atomic mass is 10.0. The van der Waals surface area contributed by atoms with Gasteiger partial charge in [-0.1, -0.05) is 36.4 Å². The lowest BCUT2D eigenvalue weighted by molar-refractivity contribution is 0.194. The maximum absolute atomic E-state index is 6.36. The third-order valence-electron chi connectivity index (χ3n) is 5.38. The van der Waals surface area contributed by atoms with Gasteiger partial charge in [0.1, 0.15) is 12.4 Å². The minimum atomic E-state index is 0.109. The normalized spacial score (nSPS) is 15.5. The van der Waals surface area contributed by atoms with Gasteiger partial charge in [-0.15, -0.1) is 11.3 Å². The van der Waals surface area contributed by atoms with Gasteiger partial charge in [-0.05, 0) is 23.1 Å². The maximum atomic E-state index is 6.36. The number of hydrogen-bond donors (Lipinski definition) is 1. The molecule has 1 aliphatic rings. The van der Waals surface area contributed by atoms with Gasteiger partial charge in [-0.3, -0.25) is 4.90 Å². The van der Waals surface area contributed by atoms with Crippen molar-refractivity contribution < 1.29 is 14.2 Å². The van der Waals surface area contributed by atoms with Gasteiger partial charge < -0.3 is 19.5 Å². The zero-order valence-corrected chi connectivity index (χ0v) is 18.3. The molecule has 0 amide bonds. The molecule has 5 nitrogen and oxygen atoms in total. The first-order chi connectivity index (χ1) is 14.8. The molecule has 1 fully saturated rings. The van der Waals surface area contributed by atoms with Crippen molar-refractivity contribution in [3.8, 4) is 17.2 Å². The van der Waals surface area contributed by atoms with E-state index in [-0.39, 0.29) is 6.04 Å². The van der Waals surface area contributed by atoms with Crippen molar-refractivity contribution >= 4 is 11.3 Å². The highest BCUT2D eigenvalue weighted by Crippen LogP contribution is 2.43. The second-order valence-corrected chi connectivity index (χ2v) is 8.20. The predicted octanol–water partition coefficient (Wildman–Crippen LogP) is 4.34. The number of nitrogens with zero attached hydrogens (tertiary/aromatic N) is 1. The lowest BCUT2D eigenvalue weighted by Gasteiger charge is -2.35. The van der Waals surface area contributed by atoms with Crippen LogP contribution in [0.25, 0.3) is 0 Å². The molecule has 0 aliphatic carbocycles. The Balaban J connectivity index is 1.75. The highest BCUT2D eigenvalue weighted by molar-refractivity contribution is 7.10. The van der Waals surface area contributed by atoms with E-state index in [0.717, 1.165) is 48.8 Å². The Kier molecular flexibility index (Phi) is 6.89. The predicted molar refractivity (Wildman–Crippen MR) is 121 cm³/mol. The Bertz CT molecular complexity index is 925. The third kappa shape index (κ3) is 4.61. The lowest BCUT2D eigenvalue weighted by Crippen LogP contribution is -2.45. The molecule has 1 saturated heterocycles. The molecule has 2 aromatic carbocycles. The van der Waals surface area contributed by atoms with Gasteiger partial charge in [-0.25, -0.2) is 0 Å². The summed E-state index contributed by atoms with van der Waals surface area (Å²) in [6.45, 7) is 4.43. The van der Waals surface area contributed by atoms with Crippen molar-refractivity contribution in [2.45, 2.75) is 12.6 Å². The van der Waals surface area contributed by atoms with Crippen LogP contribution in [0.15, 0.2) is 60.0 Å². The number of methoxy groups -OCH3 is 2. The number of ether oxygens (including phenoxy) is 3. The van der Waals surface area contributed by atoms with Crippen molar-refractivity contribution in [2.75, 3.05) is 40.4 Å². The summed E-state index contributed by atoms with van der Waals surface area (Å²) in [6, 6.07) is 18.7. The zero-order valence-electron chi connectivity index (χ0n) is 17.5. The highest BCUT2D eigenvalue weighted by Gasteiger charge is 2.29. The number of piperazine rings is 1. The van der Waals surface area contributed by atoms with E-state index >= 15 is 0 Å². The number of nitrogens with one attached hydrogen (secondary N) is 1. The van der Waals surface area contributed by atoms with E-state index in [0.29, 0.717) is 12.4 Å². The van der Waals surface area contributed by atoms with Crippen LogP contribution in [-0.2, 0) is 6.61 Å². The molecule has 0 radical (unpaired) electrons. The first-order valence-corrected chi connectivity index (χ1v) is 11.1. The van der Waals surface area contributed by atoms with Crippen molar-refractivity contribution in [1.82, 2.24) is 10.2 Å². The summed E-state index contributed by atoms with van der Waals surface area (Å²) in [6.07, 6.45) is 0. The Labute approximate surface area is 182 Å². The molecule has 3 aromatic rings. The zero-order chi connectivity index (χ0) is 20.8. The molecule has 0 spiro atoms. The van der Waals surface area contributed by atoms with E-state index in [1.807, 2.05) is 24.3 Å². The maximum Gasteiger partial charge on any atom is 0.164 e. The van der Waals surface area contributed by atoms with Crippen LogP contribution in [0, 0.1) is 0 Å². The standard InChI is InChI=1S/C24H28N2O3S/c1-27-21-15-19(24(23-9-6-14-30-23)26-12-10-25-11-13-26)20(16-22(21)28-2)29-17-18-7-4-3-5-8-18/h3-9,14-16,24-25H,10-13,17H2,1-2H3/t24-/m0/s1. The van der Waals surface area contributed by atoms with Crippen LogP contribution in [0.2, 0.25) is 0 Å². The molecule has 6 heteroatoms. The summed E-state index contributed by atoms with van der Waals surface area (Å²) in [7, 11) is 3.34. The molecular weight excluding hydrogens is 396 g/mol. The molecule has 1 aromatic heterocycles. The molecular formula is C24H28N2O3S. The number of thiophene rings is 1. The molecule has 4 rings (SSSR count). The van der Waals surface area contributed by atoms with Gasteiger partial charge in [0.2, 0.25) is 0 Å². The largest absolute Gasteiger partial charge is 0.493 e.